The molecule has 1 atom stereocenters. The summed E-state index contributed by atoms with van der Waals surface area (Å²) in [5.74, 6) is -0.152. The van der Waals surface area contributed by atoms with Crippen LogP contribution in [0.25, 0.3) is 22.4 Å². The van der Waals surface area contributed by atoms with Crippen molar-refractivity contribution in [3.8, 4) is 11.5 Å². The third-order valence-corrected chi connectivity index (χ3v) is 5.90. The molecular weight excluding hydrogens is 391 g/mol. The van der Waals surface area contributed by atoms with Crippen LogP contribution in [-0.2, 0) is 18.0 Å². The number of hydrogen-bond donors (Lipinski definition) is 0. The molecule has 0 saturated heterocycles. The van der Waals surface area contributed by atoms with Crippen LogP contribution >= 0.6 is 0 Å². The molecule has 3 rings (SSSR count). The summed E-state index contributed by atoms with van der Waals surface area (Å²) in [7, 11) is 0.156. The smallest absolute Gasteiger partial charge is 0.261 e. The van der Waals surface area contributed by atoms with E-state index < -0.39 is 21.5 Å². The minimum Gasteiger partial charge on any atom is -0.294 e. The van der Waals surface area contributed by atoms with Crippen molar-refractivity contribution >= 4 is 27.6 Å². The van der Waals surface area contributed by atoms with E-state index >= 15 is 0 Å². The van der Waals surface area contributed by atoms with E-state index in [4.69, 9.17) is 0 Å². The lowest BCUT2D eigenvalue weighted by Gasteiger charge is -2.15. The van der Waals surface area contributed by atoms with Crippen molar-refractivity contribution in [2.75, 3.05) is 0 Å². The van der Waals surface area contributed by atoms with E-state index in [0.29, 0.717) is 33.7 Å². The molecule has 1 aromatic carbocycles. The number of benzene rings is 1. The molecule has 0 N–H and O–H groups in total. The van der Waals surface area contributed by atoms with Gasteiger partial charge in [-0.2, -0.15) is 4.40 Å². The summed E-state index contributed by atoms with van der Waals surface area (Å²) in [4.78, 5) is 21.7. The van der Waals surface area contributed by atoms with Crippen molar-refractivity contribution < 1.29 is 8.60 Å². The summed E-state index contributed by atoms with van der Waals surface area (Å²) in [6.45, 7) is 9.18. The van der Waals surface area contributed by atoms with E-state index in [0.717, 1.165) is 11.8 Å². The van der Waals surface area contributed by atoms with Gasteiger partial charge in [0.1, 0.15) is 22.5 Å². The first-order chi connectivity index (χ1) is 13.5. The Balaban J connectivity index is 2.32. The van der Waals surface area contributed by atoms with Gasteiger partial charge in [0, 0.05) is 12.6 Å². The molecule has 0 fully saturated rings. The molecule has 0 aliphatic rings. The van der Waals surface area contributed by atoms with Crippen LogP contribution in [0.2, 0.25) is 0 Å². The van der Waals surface area contributed by atoms with Crippen molar-refractivity contribution in [1.82, 2.24) is 14.5 Å². The first-order valence-corrected chi connectivity index (χ1v) is 10.2. The zero-order valence-corrected chi connectivity index (χ0v) is 18.1. The number of fused-ring (bicyclic) bond motifs is 1. The molecule has 1 unspecified atom stereocenters. The fourth-order valence-electron chi connectivity index (χ4n) is 2.84. The Kier molecular flexibility index (Phi) is 5.49. The fourth-order valence-corrected chi connectivity index (χ4v) is 3.46. The Bertz CT molecular complexity index is 1210. The number of hydrogen-bond acceptors (Lipinski definition) is 4. The molecule has 0 aliphatic heterocycles. The molecule has 0 radical (unpaired) electrons. The van der Waals surface area contributed by atoms with Crippen LogP contribution in [-0.4, -0.2) is 29.2 Å². The van der Waals surface area contributed by atoms with E-state index in [2.05, 4.69) is 14.4 Å². The first-order valence-electron chi connectivity index (χ1n) is 9.10. The van der Waals surface area contributed by atoms with Gasteiger partial charge in [-0.15, -0.1) is 0 Å². The van der Waals surface area contributed by atoms with Crippen LogP contribution < -0.4 is 5.56 Å². The molecule has 29 heavy (non-hydrogen) atoms. The third kappa shape index (κ3) is 4.17. The van der Waals surface area contributed by atoms with Crippen LogP contribution in [0.1, 0.15) is 38.8 Å². The topological polar surface area (TPSA) is 77.2 Å². The molecule has 0 aliphatic carbocycles. The van der Waals surface area contributed by atoms with Crippen LogP contribution in [0.5, 0.6) is 0 Å². The van der Waals surface area contributed by atoms with Gasteiger partial charge in [-0.05, 0) is 64.4 Å². The predicted octanol–water partition coefficient (Wildman–Crippen LogP) is 3.71. The highest BCUT2D eigenvalue weighted by molar-refractivity contribution is 7.85. The fraction of sp³-hybridized carbons (Fsp3) is 0.333. The Hall–Kier alpha value is -2.74. The largest absolute Gasteiger partial charge is 0.294 e. The molecule has 6 nitrogen and oxygen atoms in total. The van der Waals surface area contributed by atoms with Crippen molar-refractivity contribution in [1.29, 1.82) is 0 Å². The number of aryl methyl sites for hydroxylation is 1. The second-order valence-electron chi connectivity index (χ2n) is 7.91. The molecule has 8 heteroatoms. The van der Waals surface area contributed by atoms with E-state index in [1.807, 2.05) is 33.8 Å². The number of pyridine rings is 1. The van der Waals surface area contributed by atoms with Gasteiger partial charge in [-0.25, -0.2) is 18.6 Å². The highest BCUT2D eigenvalue weighted by Crippen LogP contribution is 2.23. The van der Waals surface area contributed by atoms with Gasteiger partial charge in [-0.1, -0.05) is 0 Å². The lowest BCUT2D eigenvalue weighted by Crippen LogP contribution is -2.22. The van der Waals surface area contributed by atoms with Crippen LogP contribution in [0.15, 0.2) is 39.7 Å². The maximum Gasteiger partial charge on any atom is 0.261 e. The van der Waals surface area contributed by atoms with Gasteiger partial charge in [0.05, 0.1) is 27.6 Å². The second-order valence-corrected chi connectivity index (χ2v) is 9.81. The highest BCUT2D eigenvalue weighted by Gasteiger charge is 2.21. The maximum atomic E-state index is 13.3. The lowest BCUT2D eigenvalue weighted by atomic mass is 10.0. The number of rotatable bonds is 3. The zero-order chi connectivity index (χ0) is 21.5. The summed E-state index contributed by atoms with van der Waals surface area (Å²) in [6.07, 6.45) is 1.08. The van der Waals surface area contributed by atoms with Gasteiger partial charge < -0.3 is 0 Å². The van der Waals surface area contributed by atoms with Crippen LogP contribution in [0.3, 0.4) is 0 Å². The Morgan fingerprint density at radius 1 is 1.24 bits per heavy atom. The monoisotopic (exact) mass is 414 g/mol. The summed E-state index contributed by atoms with van der Waals surface area (Å²) in [6, 6.07) is 6.39. The van der Waals surface area contributed by atoms with Crippen molar-refractivity contribution in [2.24, 2.45) is 11.4 Å². The Labute approximate surface area is 171 Å². The SMILES string of the molecule is CC(=NS(=O)C(C)(C)C)c1cc(C)cc2c(=O)n(C)c(-c3ccc(F)cn3)nc12. The molecule has 3 aromatic rings. The highest BCUT2D eigenvalue weighted by atomic mass is 32.2. The van der Waals surface area contributed by atoms with Crippen molar-refractivity contribution in [3.05, 3.63) is 57.8 Å². The molecular formula is C21H23FN4O2S. The summed E-state index contributed by atoms with van der Waals surface area (Å²) >= 11 is 0. The van der Waals surface area contributed by atoms with Crippen LogP contribution in [0, 0.1) is 12.7 Å². The summed E-state index contributed by atoms with van der Waals surface area (Å²) < 4.78 is 31.0. The van der Waals surface area contributed by atoms with Gasteiger partial charge in [0.2, 0.25) is 0 Å². The van der Waals surface area contributed by atoms with E-state index in [-0.39, 0.29) is 5.56 Å². The average Bonchev–Trinajstić information content (AvgIpc) is 2.64. The third-order valence-electron chi connectivity index (χ3n) is 4.41. The molecule has 0 amide bonds. The van der Waals surface area contributed by atoms with E-state index in [1.165, 1.54) is 16.7 Å². The zero-order valence-electron chi connectivity index (χ0n) is 17.3. The Morgan fingerprint density at radius 2 is 1.93 bits per heavy atom. The minimum atomic E-state index is -1.45. The Morgan fingerprint density at radius 3 is 2.52 bits per heavy atom. The number of aromatic nitrogens is 3. The van der Waals surface area contributed by atoms with Crippen LogP contribution in [0.4, 0.5) is 4.39 Å². The number of nitrogens with zero attached hydrogens (tertiary/aromatic N) is 4. The van der Waals surface area contributed by atoms with Crippen molar-refractivity contribution in [2.45, 2.75) is 39.4 Å². The van der Waals surface area contributed by atoms with Gasteiger partial charge in [0.25, 0.3) is 5.56 Å². The molecule has 2 aromatic heterocycles. The van der Waals surface area contributed by atoms with Gasteiger partial charge in [0.15, 0.2) is 5.82 Å². The summed E-state index contributed by atoms with van der Waals surface area (Å²) in [5, 5.41) is 0.435. The van der Waals surface area contributed by atoms with Gasteiger partial charge in [-0.3, -0.25) is 9.36 Å². The molecule has 2 heterocycles. The summed E-state index contributed by atoms with van der Waals surface area (Å²) in [5.41, 5.74) is 2.63. The normalized spacial score (nSPS) is 13.7. The van der Waals surface area contributed by atoms with E-state index in [1.54, 1.807) is 20.0 Å². The molecule has 152 valence electrons. The minimum absolute atomic E-state index is 0.245. The predicted molar refractivity (Wildman–Crippen MR) is 115 cm³/mol. The van der Waals surface area contributed by atoms with Crippen molar-refractivity contribution in [3.63, 3.8) is 0 Å². The quantitative estimate of drug-likeness (QED) is 0.612. The maximum absolute atomic E-state index is 13.3. The second kappa shape index (κ2) is 7.59. The van der Waals surface area contributed by atoms with E-state index in [9.17, 15) is 13.4 Å². The standard InChI is InChI=1S/C21H23FN4O2S/c1-12-9-15(13(2)25-29(28)21(3,4)5)18-16(10-12)20(27)26(6)19(24-18)17-8-7-14(22)11-23-17/h7-11H,1-6H3. The average molecular weight is 415 g/mol. The first kappa shape index (κ1) is 21.0. The molecule has 0 saturated carbocycles. The van der Waals surface area contributed by atoms with Gasteiger partial charge >= 0.3 is 0 Å². The number of halogens is 1. The molecule has 0 spiro atoms. The molecule has 0 bridgehead atoms. The lowest BCUT2D eigenvalue weighted by molar-refractivity contribution is 0.621.